The van der Waals surface area contributed by atoms with E-state index in [4.69, 9.17) is 0 Å². The third kappa shape index (κ3) is 4.40. The lowest BCUT2D eigenvalue weighted by molar-refractivity contribution is 0.660. The van der Waals surface area contributed by atoms with Crippen molar-refractivity contribution < 1.29 is 0 Å². The van der Waals surface area contributed by atoms with E-state index in [1.54, 1.807) is 0 Å². The Bertz CT molecular complexity index is 2930. The Labute approximate surface area is 336 Å². The van der Waals surface area contributed by atoms with Gasteiger partial charge in [-0.05, 0) is 141 Å². The van der Waals surface area contributed by atoms with Gasteiger partial charge in [0.05, 0.1) is 16.8 Å². The molecule has 274 valence electrons. The van der Waals surface area contributed by atoms with E-state index in [0.717, 1.165) is 0 Å². The van der Waals surface area contributed by atoms with Crippen molar-refractivity contribution in [2.24, 2.45) is 0 Å². The van der Waals surface area contributed by atoms with Gasteiger partial charge in [-0.15, -0.1) is 0 Å². The number of hydrogen-bond acceptors (Lipinski definition) is 1. The molecule has 0 aliphatic heterocycles. The van der Waals surface area contributed by atoms with Crippen LogP contribution in [0.4, 0.5) is 17.1 Å². The van der Waals surface area contributed by atoms with Gasteiger partial charge in [-0.2, -0.15) is 0 Å². The van der Waals surface area contributed by atoms with Crippen molar-refractivity contribution in [2.75, 3.05) is 4.90 Å². The minimum Gasteiger partial charge on any atom is -0.309 e. The number of benzene rings is 8. The number of nitrogens with zero attached hydrogens (tertiary/aromatic N) is 1. The van der Waals surface area contributed by atoms with Gasteiger partial charge in [-0.3, -0.25) is 0 Å². The van der Waals surface area contributed by atoms with Crippen molar-refractivity contribution in [3.05, 3.63) is 219 Å². The largest absolute Gasteiger partial charge is 0.309 e. The molecule has 0 radical (unpaired) electrons. The molecular formula is C56H45N. The average Bonchev–Trinajstić information content (AvgIpc) is 3.81. The highest BCUT2D eigenvalue weighted by atomic mass is 15.1. The number of rotatable bonds is 4. The molecule has 0 unspecified atom stereocenters. The summed E-state index contributed by atoms with van der Waals surface area (Å²) in [6, 6.07) is 61.7. The van der Waals surface area contributed by atoms with Crippen LogP contribution >= 0.6 is 0 Å². The van der Waals surface area contributed by atoms with Gasteiger partial charge in [-0.25, -0.2) is 0 Å². The summed E-state index contributed by atoms with van der Waals surface area (Å²) < 4.78 is 0. The van der Waals surface area contributed by atoms with Gasteiger partial charge in [-0.1, -0.05) is 153 Å². The highest BCUT2D eigenvalue weighted by Gasteiger charge is 2.54. The second-order valence-corrected chi connectivity index (χ2v) is 17.0. The smallest absolute Gasteiger partial charge is 0.0731 e. The SMILES string of the molecule is Cc1ccc2c(c1C)C1(c3ccccc3-c3ccccc31)c1c(C)c(C)cc(N(c3ccc4c(c3)C(C)(C)c3ccccc3-4)c3ccccc3-c3ccccc3)c1-2. The number of fused-ring (bicyclic) bond motifs is 13. The van der Waals surface area contributed by atoms with E-state index >= 15 is 0 Å². The molecule has 0 heterocycles. The molecule has 0 saturated heterocycles. The Morgan fingerprint density at radius 3 is 1.60 bits per heavy atom. The number of anilines is 3. The van der Waals surface area contributed by atoms with Gasteiger partial charge >= 0.3 is 0 Å². The lowest BCUT2D eigenvalue weighted by Crippen LogP contribution is -2.28. The van der Waals surface area contributed by atoms with Crippen LogP contribution in [0.3, 0.4) is 0 Å². The van der Waals surface area contributed by atoms with E-state index in [1.165, 1.54) is 117 Å². The Balaban J connectivity index is 1.29. The lowest BCUT2D eigenvalue weighted by atomic mass is 9.67. The summed E-state index contributed by atoms with van der Waals surface area (Å²) in [5.74, 6) is 0. The highest BCUT2D eigenvalue weighted by Crippen LogP contribution is 2.67. The first kappa shape index (κ1) is 33.9. The third-order valence-electron chi connectivity index (χ3n) is 13.8. The van der Waals surface area contributed by atoms with Crippen LogP contribution in [0.5, 0.6) is 0 Å². The zero-order chi connectivity index (χ0) is 38.8. The molecule has 8 aromatic carbocycles. The molecule has 1 spiro atoms. The van der Waals surface area contributed by atoms with E-state index < -0.39 is 5.41 Å². The van der Waals surface area contributed by atoms with Crippen molar-refractivity contribution in [1.82, 2.24) is 0 Å². The van der Waals surface area contributed by atoms with Crippen LogP contribution in [-0.2, 0) is 10.8 Å². The predicted octanol–water partition coefficient (Wildman–Crippen LogP) is 14.7. The summed E-state index contributed by atoms with van der Waals surface area (Å²) in [7, 11) is 0. The Kier molecular flexibility index (Phi) is 7.15. The van der Waals surface area contributed by atoms with Gasteiger partial charge in [0.2, 0.25) is 0 Å². The summed E-state index contributed by atoms with van der Waals surface area (Å²) in [5, 5.41) is 0. The zero-order valence-corrected chi connectivity index (χ0v) is 33.5. The average molecular weight is 732 g/mol. The molecule has 57 heavy (non-hydrogen) atoms. The maximum absolute atomic E-state index is 2.59. The van der Waals surface area contributed by atoms with Gasteiger partial charge in [0.25, 0.3) is 0 Å². The quantitative estimate of drug-likeness (QED) is 0.174. The molecule has 0 aromatic heterocycles. The van der Waals surface area contributed by atoms with Gasteiger partial charge in [0.15, 0.2) is 0 Å². The number of hydrogen-bond donors (Lipinski definition) is 0. The van der Waals surface area contributed by atoms with E-state index in [1.807, 2.05) is 0 Å². The molecule has 0 saturated carbocycles. The van der Waals surface area contributed by atoms with Crippen LogP contribution in [-0.4, -0.2) is 0 Å². The Morgan fingerprint density at radius 1 is 0.386 bits per heavy atom. The fourth-order valence-electron chi connectivity index (χ4n) is 11.0. The number of aryl methyl sites for hydroxylation is 2. The first-order valence-corrected chi connectivity index (χ1v) is 20.4. The summed E-state index contributed by atoms with van der Waals surface area (Å²) in [6.07, 6.45) is 0. The summed E-state index contributed by atoms with van der Waals surface area (Å²) in [5.41, 5.74) is 27.1. The topological polar surface area (TPSA) is 3.24 Å². The monoisotopic (exact) mass is 731 g/mol. The van der Waals surface area contributed by atoms with Crippen molar-refractivity contribution in [3.63, 3.8) is 0 Å². The molecule has 3 aliphatic rings. The van der Waals surface area contributed by atoms with Crippen LogP contribution in [0.1, 0.15) is 69.5 Å². The molecule has 0 atom stereocenters. The molecule has 8 aromatic rings. The molecule has 0 N–H and O–H groups in total. The lowest BCUT2D eigenvalue weighted by Gasteiger charge is -2.35. The number of para-hydroxylation sites is 1. The molecule has 0 amide bonds. The van der Waals surface area contributed by atoms with Crippen LogP contribution in [0, 0.1) is 27.7 Å². The van der Waals surface area contributed by atoms with E-state index in [2.05, 4.69) is 210 Å². The van der Waals surface area contributed by atoms with Crippen molar-refractivity contribution >= 4 is 17.1 Å². The zero-order valence-electron chi connectivity index (χ0n) is 33.5. The molecule has 0 bridgehead atoms. The maximum atomic E-state index is 2.59. The first-order valence-electron chi connectivity index (χ1n) is 20.4. The maximum Gasteiger partial charge on any atom is 0.0731 e. The van der Waals surface area contributed by atoms with Gasteiger partial charge < -0.3 is 4.90 Å². The standard InChI is InChI=1S/C56H45N/c1-34-28-30-45-52-51(32-35(2)37(4)54(52)56(53(45)36(34)3)47-25-15-11-22-42(47)43-23-12-16-26-48(43)56)57(50-27-17-13-20-40(50)38-18-8-7-9-19-38)39-29-31-44-41-21-10-14-24-46(41)55(5,6)49(44)33-39/h7-33H,1-6H3. The normalized spacial score (nSPS) is 14.4. The summed E-state index contributed by atoms with van der Waals surface area (Å²) in [4.78, 5) is 2.59. The second-order valence-electron chi connectivity index (χ2n) is 17.0. The summed E-state index contributed by atoms with van der Waals surface area (Å²) >= 11 is 0. The van der Waals surface area contributed by atoms with E-state index in [-0.39, 0.29) is 5.41 Å². The van der Waals surface area contributed by atoms with Crippen molar-refractivity contribution in [3.8, 4) is 44.5 Å². The van der Waals surface area contributed by atoms with E-state index in [0.29, 0.717) is 0 Å². The van der Waals surface area contributed by atoms with Gasteiger partial charge in [0.1, 0.15) is 0 Å². The van der Waals surface area contributed by atoms with Gasteiger partial charge in [0, 0.05) is 22.2 Å². The van der Waals surface area contributed by atoms with Crippen LogP contribution in [0.25, 0.3) is 44.5 Å². The summed E-state index contributed by atoms with van der Waals surface area (Å²) in [6.45, 7) is 14.1. The van der Waals surface area contributed by atoms with Crippen molar-refractivity contribution in [1.29, 1.82) is 0 Å². The molecule has 0 fully saturated rings. The molecule has 11 rings (SSSR count). The fourth-order valence-corrected chi connectivity index (χ4v) is 11.0. The Morgan fingerprint density at radius 2 is 0.912 bits per heavy atom. The Hall–Kier alpha value is -6.44. The molecule has 1 heteroatoms. The second kappa shape index (κ2) is 12.0. The molecule has 3 aliphatic carbocycles. The van der Waals surface area contributed by atoms with Crippen LogP contribution in [0.2, 0.25) is 0 Å². The third-order valence-corrected chi connectivity index (χ3v) is 13.8. The minimum absolute atomic E-state index is 0.139. The van der Waals surface area contributed by atoms with Crippen molar-refractivity contribution in [2.45, 2.75) is 52.4 Å². The molecular weight excluding hydrogens is 687 g/mol. The predicted molar refractivity (Wildman–Crippen MR) is 239 cm³/mol. The van der Waals surface area contributed by atoms with Crippen LogP contribution in [0.15, 0.2) is 164 Å². The minimum atomic E-state index is -0.453. The van der Waals surface area contributed by atoms with E-state index in [9.17, 15) is 0 Å². The molecule has 1 nitrogen and oxygen atoms in total. The highest BCUT2D eigenvalue weighted by molar-refractivity contribution is 6.04. The van der Waals surface area contributed by atoms with Crippen LogP contribution < -0.4 is 4.90 Å². The first-order chi connectivity index (χ1) is 27.7. The fraction of sp³-hybridized carbons (Fsp3) is 0.143.